The first-order valence-electron chi connectivity index (χ1n) is 12.1. The van der Waals surface area contributed by atoms with Crippen molar-refractivity contribution in [3.63, 3.8) is 0 Å². The average Bonchev–Trinajstić information content (AvgIpc) is 2.86. The molecule has 0 unspecified atom stereocenters. The van der Waals surface area contributed by atoms with Crippen LogP contribution < -0.4 is 20.9 Å². The number of rotatable bonds is 8. The Morgan fingerprint density at radius 2 is 1.92 bits per heavy atom. The average molecular weight is 511 g/mol. The zero-order valence-electron chi connectivity index (χ0n) is 20.7. The molecule has 190 valence electrons. The maximum Gasteiger partial charge on any atom is 0.279 e. The number of hydrogen-bond donors (Lipinski definition) is 2. The van der Waals surface area contributed by atoms with Crippen LogP contribution in [0.15, 0.2) is 53.5 Å². The van der Waals surface area contributed by atoms with Crippen LogP contribution in [0.1, 0.15) is 37.8 Å². The van der Waals surface area contributed by atoms with Gasteiger partial charge in [-0.15, -0.1) is 0 Å². The monoisotopic (exact) mass is 510 g/mol. The summed E-state index contributed by atoms with van der Waals surface area (Å²) in [6.45, 7) is 7.26. The minimum atomic E-state index is -0.348. The van der Waals surface area contributed by atoms with E-state index in [2.05, 4.69) is 15.6 Å². The van der Waals surface area contributed by atoms with Gasteiger partial charge in [0.15, 0.2) is 0 Å². The van der Waals surface area contributed by atoms with Gasteiger partial charge in [-0.05, 0) is 75.1 Å². The predicted molar refractivity (Wildman–Crippen MR) is 141 cm³/mol. The molecule has 1 saturated heterocycles. The lowest BCUT2D eigenvalue weighted by Gasteiger charge is -2.21. The molecule has 0 spiro atoms. The van der Waals surface area contributed by atoms with Gasteiger partial charge in [-0.25, -0.2) is 4.98 Å². The molecule has 36 heavy (non-hydrogen) atoms. The number of halogens is 1. The molecule has 2 heterocycles. The van der Waals surface area contributed by atoms with Gasteiger partial charge in [-0.2, -0.15) is 0 Å². The molecule has 0 radical (unpaired) electrons. The van der Waals surface area contributed by atoms with Crippen LogP contribution in [0.2, 0.25) is 5.02 Å². The predicted octanol–water partition coefficient (Wildman–Crippen LogP) is 5.15. The van der Waals surface area contributed by atoms with Gasteiger partial charge in [0.25, 0.3) is 5.56 Å². The maximum absolute atomic E-state index is 13.5. The lowest BCUT2D eigenvalue weighted by molar-refractivity contribution is -0.122. The quantitative estimate of drug-likeness (QED) is 0.435. The third kappa shape index (κ3) is 6.44. The second-order valence-electron chi connectivity index (χ2n) is 9.16. The van der Waals surface area contributed by atoms with Gasteiger partial charge >= 0.3 is 0 Å². The zero-order valence-corrected chi connectivity index (χ0v) is 21.5. The molecule has 1 aliphatic rings. The number of hydrogen-bond acceptors (Lipinski definition) is 6. The summed E-state index contributed by atoms with van der Waals surface area (Å²) < 4.78 is 12.7. The number of aryl methyl sites for hydroxylation is 1. The molecule has 0 saturated carbocycles. The van der Waals surface area contributed by atoms with E-state index in [1.54, 1.807) is 12.1 Å². The van der Waals surface area contributed by atoms with Crippen molar-refractivity contribution in [2.75, 3.05) is 23.8 Å². The van der Waals surface area contributed by atoms with E-state index in [1.165, 1.54) is 10.8 Å². The van der Waals surface area contributed by atoms with Gasteiger partial charge in [-0.1, -0.05) is 23.7 Å². The molecule has 1 aromatic heterocycles. The minimum Gasteiger partial charge on any atom is -0.491 e. The number of benzene rings is 2. The SMILES string of the molecule is Cc1cc(Nc2ncc(NC(=O)C3CCOCC3)c(=O)n2Cc2ccc(Cl)cc2)ccc1OC(C)C. The van der Waals surface area contributed by atoms with Crippen LogP contribution in [0.4, 0.5) is 17.3 Å². The fourth-order valence-electron chi connectivity index (χ4n) is 4.03. The Labute approximate surface area is 215 Å². The summed E-state index contributed by atoms with van der Waals surface area (Å²) in [5.41, 5.74) is 2.39. The van der Waals surface area contributed by atoms with Crippen molar-refractivity contribution in [3.8, 4) is 5.75 Å². The summed E-state index contributed by atoms with van der Waals surface area (Å²) in [6.07, 6.45) is 2.74. The Balaban J connectivity index is 1.64. The van der Waals surface area contributed by atoms with E-state index < -0.39 is 0 Å². The molecule has 0 bridgehead atoms. The molecule has 1 fully saturated rings. The number of anilines is 3. The first-order valence-corrected chi connectivity index (χ1v) is 12.4. The van der Waals surface area contributed by atoms with Crippen molar-refractivity contribution in [1.29, 1.82) is 0 Å². The minimum absolute atomic E-state index is 0.0672. The fraction of sp³-hybridized carbons (Fsp3) is 0.370. The van der Waals surface area contributed by atoms with Gasteiger partial charge in [0.1, 0.15) is 11.4 Å². The summed E-state index contributed by atoms with van der Waals surface area (Å²) in [4.78, 5) is 30.8. The maximum atomic E-state index is 13.5. The molecule has 3 aromatic rings. The molecule has 2 aromatic carbocycles. The summed E-state index contributed by atoms with van der Waals surface area (Å²) in [6, 6.07) is 13.0. The number of amides is 1. The van der Waals surface area contributed by atoms with Crippen LogP contribution in [0.25, 0.3) is 0 Å². The van der Waals surface area contributed by atoms with Crippen molar-refractivity contribution >= 4 is 34.8 Å². The molecule has 1 amide bonds. The van der Waals surface area contributed by atoms with Crippen LogP contribution in [-0.2, 0) is 16.1 Å². The zero-order chi connectivity index (χ0) is 25.7. The standard InChI is InChI=1S/C27H31ClN4O4/c1-17(2)36-24-9-8-22(14-18(24)3)30-27-29-15-23(31-25(33)20-10-12-35-13-11-20)26(34)32(27)16-19-4-6-21(28)7-5-19/h4-9,14-15,17,20H,10-13,16H2,1-3H3,(H,29,30)(H,31,33). The van der Waals surface area contributed by atoms with E-state index in [4.69, 9.17) is 21.1 Å². The highest BCUT2D eigenvalue weighted by atomic mass is 35.5. The highest BCUT2D eigenvalue weighted by Gasteiger charge is 2.23. The molecule has 2 N–H and O–H groups in total. The first kappa shape index (κ1) is 25.7. The van der Waals surface area contributed by atoms with Crippen molar-refractivity contribution in [2.45, 2.75) is 46.3 Å². The lowest BCUT2D eigenvalue weighted by atomic mass is 9.99. The molecule has 8 nitrogen and oxygen atoms in total. The first-order chi connectivity index (χ1) is 17.3. The Morgan fingerprint density at radius 1 is 1.19 bits per heavy atom. The van der Waals surface area contributed by atoms with Gasteiger partial charge in [0, 0.05) is 29.8 Å². The summed E-state index contributed by atoms with van der Waals surface area (Å²) in [5.74, 6) is 0.784. The second kappa shape index (κ2) is 11.6. The van der Waals surface area contributed by atoms with Gasteiger partial charge in [0.05, 0.1) is 18.8 Å². The Bertz CT molecular complexity index is 1270. The number of aromatic nitrogens is 2. The van der Waals surface area contributed by atoms with Gasteiger partial charge in [-0.3, -0.25) is 14.2 Å². The Morgan fingerprint density at radius 3 is 2.58 bits per heavy atom. The topological polar surface area (TPSA) is 94.5 Å². The third-order valence-electron chi connectivity index (χ3n) is 5.94. The van der Waals surface area contributed by atoms with Gasteiger partial charge < -0.3 is 20.1 Å². The molecule has 1 aliphatic heterocycles. The van der Waals surface area contributed by atoms with Crippen LogP contribution in [0, 0.1) is 12.8 Å². The van der Waals surface area contributed by atoms with Crippen LogP contribution in [0.5, 0.6) is 5.75 Å². The third-order valence-corrected chi connectivity index (χ3v) is 6.20. The molecule has 4 rings (SSSR count). The van der Waals surface area contributed by atoms with Crippen molar-refractivity contribution in [3.05, 3.63) is 75.2 Å². The summed E-state index contributed by atoms with van der Waals surface area (Å²) in [5, 5.41) is 6.65. The van der Waals surface area contributed by atoms with Crippen LogP contribution >= 0.6 is 11.6 Å². The van der Waals surface area contributed by atoms with E-state index in [1.807, 2.05) is 51.1 Å². The van der Waals surface area contributed by atoms with Crippen LogP contribution in [-0.4, -0.2) is 34.8 Å². The highest BCUT2D eigenvalue weighted by molar-refractivity contribution is 6.30. The van der Waals surface area contributed by atoms with E-state index >= 15 is 0 Å². The van der Waals surface area contributed by atoms with Crippen molar-refractivity contribution in [2.24, 2.45) is 5.92 Å². The molecule has 0 atom stereocenters. The van der Waals surface area contributed by atoms with Gasteiger partial charge in [0.2, 0.25) is 11.9 Å². The molecule has 0 aliphatic carbocycles. The van der Waals surface area contributed by atoms with E-state index in [0.29, 0.717) is 37.0 Å². The number of ether oxygens (including phenoxy) is 2. The number of nitrogens with zero attached hydrogens (tertiary/aromatic N) is 2. The van der Waals surface area contributed by atoms with E-state index in [-0.39, 0.29) is 35.7 Å². The number of nitrogens with one attached hydrogen (secondary N) is 2. The van der Waals surface area contributed by atoms with E-state index in [9.17, 15) is 9.59 Å². The van der Waals surface area contributed by atoms with Crippen LogP contribution in [0.3, 0.4) is 0 Å². The van der Waals surface area contributed by atoms with E-state index in [0.717, 1.165) is 22.6 Å². The molecule has 9 heteroatoms. The number of carbonyl (C=O) groups is 1. The fourth-order valence-corrected chi connectivity index (χ4v) is 4.16. The summed E-state index contributed by atoms with van der Waals surface area (Å²) in [7, 11) is 0. The molecular formula is C27H31ClN4O4. The highest BCUT2D eigenvalue weighted by Crippen LogP contribution is 2.25. The smallest absolute Gasteiger partial charge is 0.279 e. The van der Waals surface area contributed by atoms with Crippen molar-refractivity contribution < 1.29 is 14.3 Å². The Hall–Kier alpha value is -3.36. The van der Waals surface area contributed by atoms with Crippen molar-refractivity contribution in [1.82, 2.24) is 9.55 Å². The molecular weight excluding hydrogens is 480 g/mol. The normalized spacial score (nSPS) is 14.0. The lowest BCUT2D eigenvalue weighted by Crippen LogP contribution is -2.33. The summed E-state index contributed by atoms with van der Waals surface area (Å²) >= 11 is 6.04. The largest absolute Gasteiger partial charge is 0.491 e. The Kier molecular flexibility index (Phi) is 8.28. The number of carbonyl (C=O) groups excluding carboxylic acids is 1. The second-order valence-corrected chi connectivity index (χ2v) is 9.60.